The van der Waals surface area contributed by atoms with Crippen LogP contribution in [-0.4, -0.2) is 32.9 Å². The van der Waals surface area contributed by atoms with Crippen molar-refractivity contribution in [1.29, 1.82) is 0 Å². The summed E-state index contributed by atoms with van der Waals surface area (Å²) in [5.41, 5.74) is 0.407. The van der Waals surface area contributed by atoms with Crippen molar-refractivity contribution in [2.45, 2.75) is 11.4 Å². The Morgan fingerprint density at radius 2 is 2.04 bits per heavy atom. The average molecular weight is 366 g/mol. The zero-order valence-electron chi connectivity index (χ0n) is 13.1. The van der Waals surface area contributed by atoms with Crippen molar-refractivity contribution in [2.24, 2.45) is 0 Å². The molecule has 0 spiro atoms. The highest BCUT2D eigenvalue weighted by molar-refractivity contribution is 7.89. The third kappa shape index (κ3) is 4.51. The minimum Gasteiger partial charge on any atom is -0.330 e. The van der Waals surface area contributed by atoms with Gasteiger partial charge in [-0.3, -0.25) is 9.63 Å². The van der Waals surface area contributed by atoms with E-state index in [0.717, 1.165) is 4.88 Å². The summed E-state index contributed by atoms with van der Waals surface area (Å²) in [5, 5.41) is 1.95. The molecule has 0 atom stereocenters. The molecule has 0 aliphatic heterocycles. The summed E-state index contributed by atoms with van der Waals surface area (Å²) in [6.45, 7) is 4.57. The molecule has 0 unspecified atom stereocenters. The van der Waals surface area contributed by atoms with Crippen molar-refractivity contribution < 1.29 is 18.0 Å². The first-order valence-corrected chi connectivity index (χ1v) is 9.41. The third-order valence-electron chi connectivity index (χ3n) is 3.17. The van der Waals surface area contributed by atoms with Crippen molar-refractivity contribution in [3.05, 3.63) is 64.9 Å². The molecule has 128 valence electrons. The summed E-state index contributed by atoms with van der Waals surface area (Å²) in [4.78, 5) is 21.7. The number of thiophene rings is 1. The van der Waals surface area contributed by atoms with Crippen LogP contribution in [0.2, 0.25) is 0 Å². The van der Waals surface area contributed by atoms with Gasteiger partial charge in [-0.15, -0.1) is 17.9 Å². The molecule has 1 aromatic heterocycles. The summed E-state index contributed by atoms with van der Waals surface area (Å²) in [6, 6.07) is 9.59. The van der Waals surface area contributed by atoms with Gasteiger partial charge >= 0.3 is 0 Å². The van der Waals surface area contributed by atoms with Gasteiger partial charge in [-0.25, -0.2) is 8.42 Å². The van der Waals surface area contributed by atoms with Gasteiger partial charge in [0, 0.05) is 17.0 Å². The number of hydrogen-bond acceptors (Lipinski definition) is 5. The van der Waals surface area contributed by atoms with Gasteiger partial charge in [-0.05, 0) is 35.7 Å². The SMILES string of the molecule is C=CCN(Cc1cccs1)C(=O)c1ccc(S(=O)(=O)NOC)cc1. The number of carbonyl (C=O) groups excluding carboxylic acids is 1. The highest BCUT2D eigenvalue weighted by Gasteiger charge is 2.18. The number of hydrogen-bond donors (Lipinski definition) is 1. The Kier molecular flexibility index (Phi) is 6.27. The third-order valence-corrected chi connectivity index (χ3v) is 5.31. The van der Waals surface area contributed by atoms with Crippen LogP contribution < -0.4 is 4.89 Å². The lowest BCUT2D eigenvalue weighted by Gasteiger charge is -2.20. The molecule has 0 fully saturated rings. The van der Waals surface area contributed by atoms with E-state index in [1.54, 1.807) is 22.3 Å². The highest BCUT2D eigenvalue weighted by Crippen LogP contribution is 2.16. The number of sulfonamides is 1. The van der Waals surface area contributed by atoms with Crippen molar-refractivity contribution in [1.82, 2.24) is 9.79 Å². The maximum absolute atomic E-state index is 12.6. The Balaban J connectivity index is 2.19. The first kappa shape index (κ1) is 18.3. The van der Waals surface area contributed by atoms with E-state index >= 15 is 0 Å². The number of carbonyl (C=O) groups is 1. The molecule has 0 bridgehead atoms. The fourth-order valence-electron chi connectivity index (χ4n) is 2.08. The zero-order chi connectivity index (χ0) is 17.6. The fourth-order valence-corrected chi connectivity index (χ4v) is 3.61. The largest absolute Gasteiger partial charge is 0.330 e. The van der Waals surface area contributed by atoms with E-state index in [4.69, 9.17) is 0 Å². The van der Waals surface area contributed by atoms with E-state index in [9.17, 15) is 13.2 Å². The van der Waals surface area contributed by atoms with Crippen LogP contribution in [0.1, 0.15) is 15.2 Å². The Labute approximate surface area is 145 Å². The van der Waals surface area contributed by atoms with Crippen LogP contribution in [0.15, 0.2) is 59.3 Å². The number of nitrogens with one attached hydrogen (secondary N) is 1. The van der Waals surface area contributed by atoms with Crippen LogP contribution in [0, 0.1) is 0 Å². The second kappa shape index (κ2) is 8.20. The molecule has 0 radical (unpaired) electrons. The van der Waals surface area contributed by atoms with Crippen LogP contribution >= 0.6 is 11.3 Å². The lowest BCUT2D eigenvalue weighted by atomic mass is 10.2. The molecule has 1 N–H and O–H groups in total. The standard InChI is InChI=1S/C16H18N2O4S2/c1-3-10-18(12-14-5-4-11-23-14)16(19)13-6-8-15(9-7-13)24(20,21)17-22-2/h3-9,11,17H,1,10,12H2,2H3. The summed E-state index contributed by atoms with van der Waals surface area (Å²) < 4.78 is 23.6. The molecule has 24 heavy (non-hydrogen) atoms. The Morgan fingerprint density at radius 3 is 2.58 bits per heavy atom. The molecule has 0 aliphatic rings. The van der Waals surface area contributed by atoms with Gasteiger partial charge in [0.05, 0.1) is 18.6 Å². The lowest BCUT2D eigenvalue weighted by molar-refractivity contribution is 0.0764. The van der Waals surface area contributed by atoms with E-state index in [0.29, 0.717) is 18.7 Å². The molecule has 0 aliphatic carbocycles. The molecule has 1 amide bonds. The second-order valence-electron chi connectivity index (χ2n) is 4.87. The van der Waals surface area contributed by atoms with Crippen molar-refractivity contribution in [3.63, 3.8) is 0 Å². The molecule has 1 heterocycles. The molecule has 1 aromatic carbocycles. The average Bonchev–Trinajstić information content (AvgIpc) is 3.07. The van der Waals surface area contributed by atoms with E-state index in [-0.39, 0.29) is 10.8 Å². The molecule has 0 saturated carbocycles. The topological polar surface area (TPSA) is 75.7 Å². The Morgan fingerprint density at radius 1 is 1.33 bits per heavy atom. The fraction of sp³-hybridized carbons (Fsp3) is 0.188. The van der Waals surface area contributed by atoms with Crippen LogP contribution in [0.3, 0.4) is 0 Å². The van der Waals surface area contributed by atoms with Gasteiger partial charge in [0.2, 0.25) is 0 Å². The molecule has 2 rings (SSSR count). The molecular formula is C16H18N2O4S2. The van der Waals surface area contributed by atoms with Crippen molar-refractivity contribution in [3.8, 4) is 0 Å². The maximum atomic E-state index is 12.6. The van der Waals surface area contributed by atoms with E-state index in [1.807, 2.05) is 22.4 Å². The van der Waals surface area contributed by atoms with E-state index in [2.05, 4.69) is 11.4 Å². The van der Waals surface area contributed by atoms with E-state index in [1.165, 1.54) is 31.4 Å². The number of benzene rings is 1. The van der Waals surface area contributed by atoms with Crippen LogP contribution in [0.25, 0.3) is 0 Å². The Bertz CT molecular complexity index is 784. The predicted molar refractivity (Wildman–Crippen MR) is 93.0 cm³/mol. The molecule has 0 saturated heterocycles. The van der Waals surface area contributed by atoms with Gasteiger partial charge in [0.1, 0.15) is 0 Å². The van der Waals surface area contributed by atoms with Crippen molar-refractivity contribution in [2.75, 3.05) is 13.7 Å². The molecule has 2 aromatic rings. The van der Waals surface area contributed by atoms with Gasteiger partial charge in [0.25, 0.3) is 15.9 Å². The maximum Gasteiger partial charge on any atom is 0.262 e. The van der Waals surface area contributed by atoms with Crippen molar-refractivity contribution >= 4 is 27.3 Å². The van der Waals surface area contributed by atoms with Gasteiger partial charge < -0.3 is 4.90 Å². The lowest BCUT2D eigenvalue weighted by Crippen LogP contribution is -2.30. The summed E-state index contributed by atoms with van der Waals surface area (Å²) in [6.07, 6.45) is 1.66. The minimum absolute atomic E-state index is 0.0226. The quantitative estimate of drug-likeness (QED) is 0.575. The van der Waals surface area contributed by atoms with Crippen LogP contribution in [-0.2, 0) is 21.4 Å². The minimum atomic E-state index is -3.74. The zero-order valence-corrected chi connectivity index (χ0v) is 14.8. The summed E-state index contributed by atoms with van der Waals surface area (Å²) in [5.74, 6) is -0.188. The first-order chi connectivity index (χ1) is 11.5. The van der Waals surface area contributed by atoms with Gasteiger partial charge in [0.15, 0.2) is 0 Å². The summed E-state index contributed by atoms with van der Waals surface area (Å²) >= 11 is 1.57. The second-order valence-corrected chi connectivity index (χ2v) is 7.55. The monoisotopic (exact) mass is 366 g/mol. The normalized spacial score (nSPS) is 11.2. The van der Waals surface area contributed by atoms with Gasteiger partial charge in [-0.2, -0.15) is 0 Å². The first-order valence-electron chi connectivity index (χ1n) is 7.05. The Hall–Kier alpha value is -2.00. The van der Waals surface area contributed by atoms with Crippen LogP contribution in [0.4, 0.5) is 0 Å². The highest BCUT2D eigenvalue weighted by atomic mass is 32.2. The van der Waals surface area contributed by atoms with E-state index < -0.39 is 10.0 Å². The molecular weight excluding hydrogens is 348 g/mol. The number of rotatable bonds is 8. The number of amides is 1. The smallest absolute Gasteiger partial charge is 0.262 e. The molecule has 8 heteroatoms. The van der Waals surface area contributed by atoms with Gasteiger partial charge in [-0.1, -0.05) is 17.0 Å². The predicted octanol–water partition coefficient (Wildman–Crippen LogP) is 2.42. The number of nitrogens with zero attached hydrogens (tertiary/aromatic N) is 1. The summed E-state index contributed by atoms with van der Waals surface area (Å²) in [7, 11) is -2.52. The molecule has 6 nitrogen and oxygen atoms in total. The van der Waals surface area contributed by atoms with Crippen LogP contribution in [0.5, 0.6) is 0 Å².